The van der Waals surface area contributed by atoms with Crippen molar-refractivity contribution in [1.82, 2.24) is 25.2 Å². The van der Waals surface area contributed by atoms with Crippen molar-refractivity contribution in [2.24, 2.45) is 17.8 Å². The highest BCUT2D eigenvalue weighted by molar-refractivity contribution is 7.91. The van der Waals surface area contributed by atoms with Gasteiger partial charge < -0.3 is 34.5 Å². The summed E-state index contributed by atoms with van der Waals surface area (Å²) in [6, 6.07) is 2.19. The Morgan fingerprint density at radius 3 is 2.40 bits per heavy atom. The third kappa shape index (κ3) is 8.79. The third-order valence-corrected chi connectivity index (χ3v) is 14.2. The summed E-state index contributed by atoms with van der Waals surface area (Å²) in [5, 5.41) is 6.14. The summed E-state index contributed by atoms with van der Waals surface area (Å²) >= 11 is 0. The molecular formula is C40H51F4N5O10S. The molecule has 60 heavy (non-hydrogen) atoms. The third-order valence-electron chi connectivity index (χ3n) is 12.1. The number of pyridine rings is 1. The lowest BCUT2D eigenvalue weighted by Gasteiger charge is -2.33. The fourth-order valence-corrected chi connectivity index (χ4v) is 9.15. The number of allylic oxidation sites excluding steroid dienone is 1. The summed E-state index contributed by atoms with van der Waals surface area (Å²) in [6.45, 7) is 3.42. The number of amides is 4. The predicted octanol–water partition coefficient (Wildman–Crippen LogP) is 4.87. The van der Waals surface area contributed by atoms with Crippen molar-refractivity contribution in [1.29, 1.82) is 0 Å². The van der Waals surface area contributed by atoms with E-state index in [1.165, 1.54) is 20.4 Å². The van der Waals surface area contributed by atoms with E-state index in [1.807, 2.05) is 17.7 Å². The maximum Gasteiger partial charge on any atom is 0.427 e. The van der Waals surface area contributed by atoms with Gasteiger partial charge in [0, 0.05) is 23.1 Å². The van der Waals surface area contributed by atoms with Crippen molar-refractivity contribution in [3.05, 3.63) is 36.5 Å². The molecule has 2 aliphatic carbocycles. The number of carbonyl (C=O) groups excluding carboxylic acids is 4. The molecule has 20 heteroatoms. The van der Waals surface area contributed by atoms with Crippen LogP contribution in [0.2, 0.25) is 0 Å². The van der Waals surface area contributed by atoms with Crippen LogP contribution in [0, 0.1) is 17.8 Å². The molecule has 4 amide bonds. The molecular weight excluding hydrogens is 819 g/mol. The van der Waals surface area contributed by atoms with E-state index in [-0.39, 0.29) is 44.0 Å². The molecule has 0 bridgehead atoms. The topological polar surface area (TPSA) is 192 Å². The van der Waals surface area contributed by atoms with Gasteiger partial charge in [-0.05, 0) is 76.0 Å². The second-order valence-electron chi connectivity index (χ2n) is 16.8. The van der Waals surface area contributed by atoms with Gasteiger partial charge in [0.05, 0.1) is 27.0 Å². The molecule has 3 N–H and O–H groups in total. The van der Waals surface area contributed by atoms with Gasteiger partial charge in [0.1, 0.15) is 46.6 Å². The smallest absolute Gasteiger partial charge is 0.427 e. The molecule has 6 rings (SSSR count). The van der Waals surface area contributed by atoms with Crippen LogP contribution in [0.4, 0.5) is 22.4 Å². The predicted molar refractivity (Wildman–Crippen MR) is 208 cm³/mol. The number of alkyl halides is 4. The number of nitrogens with one attached hydrogen (secondary N) is 3. The maximum absolute atomic E-state index is 14.7. The zero-order valence-corrected chi connectivity index (χ0v) is 35.0. The van der Waals surface area contributed by atoms with E-state index in [0.717, 1.165) is 4.90 Å². The van der Waals surface area contributed by atoms with Crippen LogP contribution in [-0.2, 0) is 29.1 Å². The summed E-state index contributed by atoms with van der Waals surface area (Å²) in [5.41, 5.74) is -4.70. The van der Waals surface area contributed by atoms with Gasteiger partial charge >= 0.3 is 12.3 Å². The van der Waals surface area contributed by atoms with E-state index >= 15 is 0 Å². The van der Waals surface area contributed by atoms with Crippen molar-refractivity contribution < 1.29 is 64.1 Å². The normalized spacial score (nSPS) is 28.8. The van der Waals surface area contributed by atoms with Gasteiger partial charge in [-0.15, -0.1) is 0 Å². The Kier molecular flexibility index (Phi) is 12.3. The summed E-state index contributed by atoms with van der Waals surface area (Å²) in [7, 11) is -1.52. The van der Waals surface area contributed by atoms with Crippen molar-refractivity contribution in [3.8, 4) is 17.4 Å². The van der Waals surface area contributed by atoms with E-state index < -0.39 is 92.6 Å². The Labute approximate surface area is 345 Å². The first-order chi connectivity index (χ1) is 28.1. The number of rotatable bonds is 10. The van der Waals surface area contributed by atoms with Crippen molar-refractivity contribution in [3.63, 3.8) is 0 Å². The quantitative estimate of drug-likeness (QED) is 0.218. The van der Waals surface area contributed by atoms with Gasteiger partial charge in [0.2, 0.25) is 33.3 Å². The Hall–Kier alpha value is -4.88. The molecule has 1 aromatic heterocycles. The molecule has 330 valence electrons. The average molecular weight is 870 g/mol. The molecule has 4 aliphatic rings. The molecule has 1 saturated heterocycles. The first-order valence-electron chi connectivity index (χ1n) is 19.8. The maximum atomic E-state index is 14.7. The Morgan fingerprint density at radius 1 is 1.05 bits per heavy atom. The zero-order valence-electron chi connectivity index (χ0n) is 34.2. The molecule has 3 fully saturated rings. The van der Waals surface area contributed by atoms with Crippen LogP contribution < -0.4 is 29.6 Å². The number of nitrogens with zero attached hydrogens (tertiary/aromatic N) is 2. The van der Waals surface area contributed by atoms with Crippen molar-refractivity contribution in [2.45, 2.75) is 113 Å². The number of hydrogen-bond acceptors (Lipinski definition) is 11. The van der Waals surface area contributed by atoms with Gasteiger partial charge in [0.15, 0.2) is 0 Å². The highest BCUT2D eigenvalue weighted by Gasteiger charge is 2.64. The molecule has 2 aliphatic heterocycles. The molecule has 15 nitrogen and oxygen atoms in total. The van der Waals surface area contributed by atoms with Gasteiger partial charge in [-0.3, -0.25) is 19.1 Å². The fourth-order valence-electron chi connectivity index (χ4n) is 7.73. The Morgan fingerprint density at radius 2 is 1.77 bits per heavy atom. The lowest BCUT2D eigenvalue weighted by Crippen LogP contribution is -2.60. The first kappa shape index (κ1) is 44.7. The standard InChI is InChI=1S/C40H51F4N5O10S/c1-22-8-7-9-23(2)31(46-36(53)59-37(3,4)40(42,43)44)34(51)49-20-26(58-33-27-13-12-25(56-5)16-28(27)30(57-6)19-45-33)17-29(49)32(50)47-39(18-24(39)11-10-22)35(52)48-60(54,55)38(21-41)14-15-38/h10-13,16,19,22-24,26,29,31H,7-9,14-15,17-18,20-21H2,1-6H3,(H,46,53)(H,47,50)(H,48,52)/b11-10-/t22-,23-,24-,26-,29+,31+,39?/m1/s1. The molecule has 7 atom stereocenters. The number of alkyl carbamates (subject to hydrolysis) is 1. The highest BCUT2D eigenvalue weighted by atomic mass is 32.2. The van der Waals surface area contributed by atoms with E-state index in [1.54, 1.807) is 31.2 Å². The average Bonchev–Trinajstić information content (AvgIpc) is 4.09. The van der Waals surface area contributed by atoms with Gasteiger partial charge in [-0.1, -0.05) is 32.4 Å². The minimum absolute atomic E-state index is 0.000199. The monoisotopic (exact) mass is 869 g/mol. The number of benzene rings is 1. The van der Waals surface area contributed by atoms with Crippen LogP contribution >= 0.6 is 0 Å². The lowest BCUT2D eigenvalue weighted by molar-refractivity contribution is -0.244. The van der Waals surface area contributed by atoms with Crippen LogP contribution in [0.15, 0.2) is 36.5 Å². The first-order valence-corrected chi connectivity index (χ1v) is 21.3. The number of hydrogen-bond donors (Lipinski definition) is 3. The van der Waals surface area contributed by atoms with Crippen LogP contribution in [0.3, 0.4) is 0 Å². The Bertz CT molecular complexity index is 2150. The lowest BCUT2D eigenvalue weighted by atomic mass is 9.92. The zero-order chi connectivity index (χ0) is 44.0. The summed E-state index contributed by atoms with van der Waals surface area (Å²) in [4.78, 5) is 61.9. The number of carbonyl (C=O) groups is 4. The molecule has 3 heterocycles. The fraction of sp³-hybridized carbons (Fsp3) is 0.625. The molecule has 0 radical (unpaired) electrons. The molecule has 1 unspecified atom stereocenters. The van der Waals surface area contributed by atoms with E-state index in [0.29, 0.717) is 55.4 Å². The summed E-state index contributed by atoms with van der Waals surface area (Å²) in [6.07, 6.45) is -1.14. The summed E-state index contributed by atoms with van der Waals surface area (Å²) in [5.74, 6) is -3.14. The number of halogens is 4. The minimum Gasteiger partial charge on any atom is -0.497 e. The molecule has 2 saturated carbocycles. The largest absolute Gasteiger partial charge is 0.497 e. The minimum atomic E-state index is -4.94. The second kappa shape index (κ2) is 16.5. The van der Waals surface area contributed by atoms with Gasteiger partial charge in [-0.25, -0.2) is 22.6 Å². The molecule has 2 aromatic rings. The van der Waals surface area contributed by atoms with E-state index in [4.69, 9.17) is 18.9 Å². The van der Waals surface area contributed by atoms with E-state index in [2.05, 4.69) is 15.6 Å². The van der Waals surface area contributed by atoms with Crippen molar-refractivity contribution in [2.75, 3.05) is 27.4 Å². The van der Waals surface area contributed by atoms with Crippen LogP contribution in [0.25, 0.3) is 10.8 Å². The SMILES string of the molecule is COc1ccc2c(O[C@@H]3C[C@H]4C(=O)NC5(C(=O)NS(=O)(=O)C6(CF)CC6)C[C@H]5/C=C\[C@H](C)CCC[C@@H](C)[C@H](NC(=O)OC(C)(C)C(F)(F)F)C(=O)N4C3)ncc(OC)c2c1. The number of fused-ring (bicyclic) bond motifs is 3. The van der Waals surface area contributed by atoms with E-state index in [9.17, 15) is 45.2 Å². The van der Waals surface area contributed by atoms with Crippen LogP contribution in [0.5, 0.6) is 17.4 Å². The summed E-state index contributed by atoms with van der Waals surface area (Å²) < 4.78 is 104. The highest BCUT2D eigenvalue weighted by Crippen LogP contribution is 2.48. The number of aromatic nitrogens is 1. The number of sulfonamides is 1. The second-order valence-corrected chi connectivity index (χ2v) is 18.9. The molecule has 0 spiro atoms. The van der Waals surface area contributed by atoms with Crippen LogP contribution in [0.1, 0.15) is 72.6 Å². The van der Waals surface area contributed by atoms with Crippen molar-refractivity contribution >= 4 is 44.6 Å². The van der Waals surface area contributed by atoms with Gasteiger partial charge in [-0.2, -0.15) is 13.2 Å². The number of ether oxygens (including phenoxy) is 4. The van der Waals surface area contributed by atoms with Crippen LogP contribution in [-0.4, -0.2) is 110 Å². The molecule has 1 aromatic carbocycles. The number of methoxy groups -OCH3 is 2. The Balaban J connectivity index is 1.36. The van der Waals surface area contributed by atoms with Gasteiger partial charge in [0.25, 0.3) is 5.91 Å².